The molecular formula is C20H18FN7O. The molecule has 0 bridgehead atoms. The number of benzene rings is 1. The van der Waals surface area contributed by atoms with Crippen LogP contribution in [0.25, 0.3) is 11.4 Å². The Hall–Kier alpha value is -3.49. The van der Waals surface area contributed by atoms with E-state index in [1.54, 1.807) is 6.20 Å². The van der Waals surface area contributed by atoms with E-state index in [1.165, 1.54) is 6.33 Å². The Labute approximate surface area is 166 Å². The van der Waals surface area contributed by atoms with Gasteiger partial charge in [-0.25, -0.2) is 19.3 Å². The lowest BCUT2D eigenvalue weighted by atomic mass is 10.1. The Morgan fingerprint density at radius 2 is 2.03 bits per heavy atom. The van der Waals surface area contributed by atoms with Crippen molar-refractivity contribution in [2.24, 2.45) is 5.92 Å². The zero-order chi connectivity index (χ0) is 20.0. The topological polar surface area (TPSA) is 96.8 Å². The van der Waals surface area contributed by atoms with Crippen LogP contribution in [-0.4, -0.2) is 43.1 Å². The lowest BCUT2D eigenvalue weighted by Crippen LogP contribution is -2.42. The highest BCUT2D eigenvalue weighted by molar-refractivity contribution is 5.98. The van der Waals surface area contributed by atoms with Crippen LogP contribution in [0.4, 0.5) is 15.9 Å². The summed E-state index contributed by atoms with van der Waals surface area (Å²) >= 11 is 0. The second-order valence-electron chi connectivity index (χ2n) is 7.43. The SMILES string of the molecule is Cc1ccc(NC(=O)[C@@H]2C[C@H]3C[C@H]3N2c2cncnn2)cc1-c1ncc(F)cn1. The van der Waals surface area contributed by atoms with Crippen molar-refractivity contribution in [3.8, 4) is 11.4 Å². The summed E-state index contributed by atoms with van der Waals surface area (Å²) in [5.74, 6) is 0.956. The predicted octanol–water partition coefficient (Wildman–Crippen LogP) is 2.38. The molecule has 2 aliphatic rings. The fourth-order valence-corrected chi connectivity index (χ4v) is 4.00. The minimum Gasteiger partial charge on any atom is -0.339 e. The number of rotatable bonds is 4. The van der Waals surface area contributed by atoms with Crippen molar-refractivity contribution in [2.45, 2.75) is 31.8 Å². The van der Waals surface area contributed by atoms with Gasteiger partial charge < -0.3 is 10.2 Å². The number of hydrogen-bond donors (Lipinski definition) is 1. The summed E-state index contributed by atoms with van der Waals surface area (Å²) in [5.41, 5.74) is 2.32. The maximum Gasteiger partial charge on any atom is 0.247 e. The highest BCUT2D eigenvalue weighted by Crippen LogP contribution is 2.49. The van der Waals surface area contributed by atoms with Gasteiger partial charge in [-0.2, -0.15) is 0 Å². The number of halogens is 1. The van der Waals surface area contributed by atoms with Crippen LogP contribution < -0.4 is 10.2 Å². The number of amides is 1. The van der Waals surface area contributed by atoms with Crippen molar-refractivity contribution in [1.82, 2.24) is 25.1 Å². The first-order valence-corrected chi connectivity index (χ1v) is 9.40. The van der Waals surface area contributed by atoms with Gasteiger partial charge in [-0.05, 0) is 43.4 Å². The minimum atomic E-state index is -0.491. The van der Waals surface area contributed by atoms with E-state index >= 15 is 0 Å². The van der Waals surface area contributed by atoms with E-state index in [0.717, 1.165) is 36.4 Å². The second kappa shape index (κ2) is 6.84. The van der Waals surface area contributed by atoms with Gasteiger partial charge >= 0.3 is 0 Å². The van der Waals surface area contributed by atoms with Crippen LogP contribution in [-0.2, 0) is 4.79 Å². The highest BCUT2D eigenvalue weighted by Gasteiger charge is 2.54. The maximum absolute atomic E-state index is 13.1. The number of piperidine rings is 1. The molecule has 2 fully saturated rings. The molecule has 1 saturated carbocycles. The molecule has 0 radical (unpaired) electrons. The minimum absolute atomic E-state index is 0.0994. The van der Waals surface area contributed by atoms with Crippen molar-refractivity contribution >= 4 is 17.4 Å². The summed E-state index contributed by atoms with van der Waals surface area (Å²) in [6.07, 6.45) is 7.13. The number of carbonyl (C=O) groups is 1. The number of aryl methyl sites for hydroxylation is 1. The molecule has 1 aromatic carbocycles. The summed E-state index contributed by atoms with van der Waals surface area (Å²) in [4.78, 5) is 27.2. The first-order chi connectivity index (χ1) is 14.1. The van der Waals surface area contributed by atoms with Crippen LogP contribution in [0, 0.1) is 18.7 Å². The highest BCUT2D eigenvalue weighted by atomic mass is 19.1. The van der Waals surface area contributed by atoms with Gasteiger partial charge in [0, 0.05) is 17.3 Å². The molecule has 1 saturated heterocycles. The van der Waals surface area contributed by atoms with Gasteiger partial charge in [0.1, 0.15) is 12.4 Å². The number of anilines is 2. The van der Waals surface area contributed by atoms with E-state index in [1.807, 2.05) is 30.0 Å². The summed E-state index contributed by atoms with van der Waals surface area (Å²) in [7, 11) is 0. The molecule has 1 amide bonds. The summed E-state index contributed by atoms with van der Waals surface area (Å²) in [6, 6.07) is 5.54. The number of fused-ring (bicyclic) bond motifs is 1. The zero-order valence-electron chi connectivity index (χ0n) is 15.7. The third kappa shape index (κ3) is 3.28. The molecule has 1 N–H and O–H groups in total. The zero-order valence-corrected chi connectivity index (χ0v) is 15.7. The number of nitrogens with one attached hydrogen (secondary N) is 1. The Balaban J connectivity index is 1.38. The van der Waals surface area contributed by atoms with Gasteiger partial charge in [0.2, 0.25) is 5.91 Å². The van der Waals surface area contributed by atoms with Gasteiger partial charge in [0.05, 0.1) is 18.6 Å². The molecule has 1 aliphatic carbocycles. The Bertz CT molecular complexity index is 1060. The van der Waals surface area contributed by atoms with Crippen molar-refractivity contribution in [1.29, 1.82) is 0 Å². The molecule has 5 rings (SSSR count). The van der Waals surface area contributed by atoms with Crippen molar-refractivity contribution < 1.29 is 9.18 Å². The molecule has 29 heavy (non-hydrogen) atoms. The van der Waals surface area contributed by atoms with Crippen LogP contribution >= 0.6 is 0 Å². The van der Waals surface area contributed by atoms with Crippen molar-refractivity contribution in [2.75, 3.05) is 10.2 Å². The largest absolute Gasteiger partial charge is 0.339 e. The number of aromatic nitrogens is 5. The number of hydrogen-bond acceptors (Lipinski definition) is 7. The molecule has 3 aromatic rings. The second-order valence-corrected chi connectivity index (χ2v) is 7.43. The van der Waals surface area contributed by atoms with Crippen LogP contribution in [0.3, 0.4) is 0 Å². The van der Waals surface area contributed by atoms with Gasteiger partial charge in [-0.15, -0.1) is 10.2 Å². The normalized spacial score (nSPS) is 22.3. The first-order valence-electron chi connectivity index (χ1n) is 9.40. The lowest BCUT2D eigenvalue weighted by molar-refractivity contribution is -0.117. The fraction of sp³-hybridized carbons (Fsp3) is 0.300. The van der Waals surface area contributed by atoms with Crippen LogP contribution in [0.15, 0.2) is 43.1 Å². The summed E-state index contributed by atoms with van der Waals surface area (Å²) in [5, 5.41) is 11.0. The molecule has 8 nitrogen and oxygen atoms in total. The van der Waals surface area contributed by atoms with E-state index in [9.17, 15) is 9.18 Å². The number of carbonyl (C=O) groups excluding carboxylic acids is 1. The molecule has 0 spiro atoms. The standard InChI is InChI=1S/C20H18FN7O/c1-11-2-3-14(6-15(11)19-23-7-13(21)8-24-19)26-20(29)17-5-12-4-16(12)28(17)18-9-22-10-25-27-18/h2-3,6-10,12,16-17H,4-5H2,1H3,(H,26,29)/t12-,16-,17+/m1/s1. The van der Waals surface area contributed by atoms with Crippen LogP contribution in [0.1, 0.15) is 18.4 Å². The Morgan fingerprint density at radius 1 is 1.21 bits per heavy atom. The smallest absolute Gasteiger partial charge is 0.247 e. The molecule has 3 atom stereocenters. The van der Waals surface area contributed by atoms with E-state index in [0.29, 0.717) is 29.3 Å². The molecule has 0 unspecified atom stereocenters. The molecule has 3 heterocycles. The average molecular weight is 391 g/mol. The first kappa shape index (κ1) is 17.6. The summed E-state index contributed by atoms with van der Waals surface area (Å²) < 4.78 is 13.1. The van der Waals surface area contributed by atoms with E-state index in [2.05, 4.69) is 30.5 Å². The van der Waals surface area contributed by atoms with Crippen LogP contribution in [0.2, 0.25) is 0 Å². The number of nitrogens with zero attached hydrogens (tertiary/aromatic N) is 6. The molecule has 9 heteroatoms. The summed E-state index contributed by atoms with van der Waals surface area (Å²) in [6.45, 7) is 1.92. The predicted molar refractivity (Wildman–Crippen MR) is 103 cm³/mol. The van der Waals surface area contributed by atoms with E-state index < -0.39 is 5.82 Å². The van der Waals surface area contributed by atoms with Gasteiger partial charge in [-0.3, -0.25) is 4.79 Å². The average Bonchev–Trinajstić information content (AvgIpc) is 3.40. The maximum atomic E-state index is 13.1. The van der Waals surface area contributed by atoms with Gasteiger partial charge in [0.25, 0.3) is 0 Å². The quantitative estimate of drug-likeness (QED) is 0.729. The molecule has 146 valence electrons. The van der Waals surface area contributed by atoms with Crippen LogP contribution in [0.5, 0.6) is 0 Å². The van der Waals surface area contributed by atoms with Gasteiger partial charge in [0.15, 0.2) is 17.5 Å². The van der Waals surface area contributed by atoms with Crippen molar-refractivity contribution in [3.05, 3.63) is 54.5 Å². The van der Waals surface area contributed by atoms with Crippen molar-refractivity contribution in [3.63, 3.8) is 0 Å². The molecule has 2 aromatic heterocycles. The molecular weight excluding hydrogens is 373 g/mol. The van der Waals surface area contributed by atoms with Gasteiger partial charge in [-0.1, -0.05) is 6.07 Å². The third-order valence-corrected chi connectivity index (χ3v) is 5.51. The monoisotopic (exact) mass is 391 g/mol. The Morgan fingerprint density at radius 3 is 2.79 bits per heavy atom. The molecule has 1 aliphatic heterocycles. The Kier molecular flexibility index (Phi) is 4.15. The fourth-order valence-electron chi connectivity index (χ4n) is 4.00. The van der Waals surface area contributed by atoms with E-state index in [4.69, 9.17) is 0 Å². The lowest BCUT2D eigenvalue weighted by Gasteiger charge is -2.27. The third-order valence-electron chi connectivity index (χ3n) is 5.51. The van der Waals surface area contributed by atoms with E-state index in [-0.39, 0.29) is 11.9 Å².